The number of aromatic nitrogens is 5. The molecule has 1 amide bonds. The van der Waals surface area contributed by atoms with E-state index in [1.807, 2.05) is 6.92 Å². The van der Waals surface area contributed by atoms with Gasteiger partial charge in [-0.2, -0.15) is 0 Å². The summed E-state index contributed by atoms with van der Waals surface area (Å²) >= 11 is 5.95. The topological polar surface area (TPSA) is 136 Å². The number of hydrogen-bond donors (Lipinski definition) is 2. The van der Waals surface area contributed by atoms with Crippen LogP contribution < -0.4 is 27.1 Å². The first-order valence-electron chi connectivity index (χ1n) is 10.9. The number of H-pyrrole nitrogens is 1. The molecule has 0 bridgehead atoms. The lowest BCUT2D eigenvalue weighted by Gasteiger charge is -2.09. The largest absolute Gasteiger partial charge is 0.438 e. The van der Waals surface area contributed by atoms with Crippen LogP contribution in [-0.4, -0.2) is 36.8 Å². The molecule has 12 heteroatoms. The summed E-state index contributed by atoms with van der Waals surface area (Å²) in [5.74, 6) is 0.356. The van der Waals surface area contributed by atoms with Crippen LogP contribution in [0.15, 0.2) is 75.2 Å². The molecule has 2 aromatic carbocycles. The molecule has 2 aromatic heterocycles. The van der Waals surface area contributed by atoms with E-state index in [-0.39, 0.29) is 29.6 Å². The fourth-order valence-corrected chi connectivity index (χ4v) is 3.31. The van der Waals surface area contributed by atoms with E-state index in [0.717, 1.165) is 10.1 Å². The molecule has 0 spiro atoms. The number of ether oxygens (including phenoxy) is 1. The van der Waals surface area contributed by atoms with E-state index in [0.29, 0.717) is 23.0 Å². The Hall–Kier alpha value is -4.51. The predicted octanol–water partition coefficient (Wildman–Crippen LogP) is 2.14. The van der Waals surface area contributed by atoms with E-state index in [2.05, 4.69) is 25.5 Å². The van der Waals surface area contributed by atoms with Gasteiger partial charge in [0, 0.05) is 24.7 Å². The van der Waals surface area contributed by atoms with Crippen molar-refractivity contribution in [3.63, 3.8) is 0 Å². The summed E-state index contributed by atoms with van der Waals surface area (Å²) in [6.45, 7) is 2.49. The van der Waals surface area contributed by atoms with Gasteiger partial charge in [0.25, 0.3) is 5.91 Å². The van der Waals surface area contributed by atoms with Gasteiger partial charge < -0.3 is 10.1 Å². The quantitative estimate of drug-likeness (QED) is 0.393. The molecule has 0 aliphatic heterocycles. The van der Waals surface area contributed by atoms with Gasteiger partial charge in [0.2, 0.25) is 11.5 Å². The van der Waals surface area contributed by atoms with Crippen molar-refractivity contribution in [1.82, 2.24) is 29.6 Å². The van der Waals surface area contributed by atoms with E-state index in [1.165, 1.54) is 17.7 Å². The van der Waals surface area contributed by atoms with Crippen molar-refractivity contribution in [2.75, 3.05) is 6.54 Å². The summed E-state index contributed by atoms with van der Waals surface area (Å²) in [4.78, 5) is 43.9. The van der Waals surface area contributed by atoms with Gasteiger partial charge in [0.15, 0.2) is 5.69 Å². The van der Waals surface area contributed by atoms with E-state index >= 15 is 0 Å². The molecule has 0 saturated heterocycles. The van der Waals surface area contributed by atoms with Crippen LogP contribution in [0.5, 0.6) is 11.6 Å². The second-order valence-electron chi connectivity index (χ2n) is 7.63. The molecule has 4 aromatic rings. The van der Waals surface area contributed by atoms with E-state index in [4.69, 9.17) is 16.3 Å². The van der Waals surface area contributed by atoms with Crippen LogP contribution in [-0.2, 0) is 13.6 Å². The van der Waals surface area contributed by atoms with Crippen LogP contribution >= 0.6 is 11.6 Å². The Balaban J connectivity index is 1.59. The molecule has 184 valence electrons. The number of benzene rings is 2. The first-order chi connectivity index (χ1) is 17.3. The van der Waals surface area contributed by atoms with E-state index in [1.54, 1.807) is 54.6 Å². The summed E-state index contributed by atoms with van der Waals surface area (Å²) < 4.78 is 8.01. The Bertz CT molecular complexity index is 1560. The third-order valence-corrected chi connectivity index (χ3v) is 5.31. The lowest BCUT2D eigenvalue weighted by Crippen LogP contribution is -2.48. The molecular weight excluding hydrogens is 486 g/mol. The van der Waals surface area contributed by atoms with Crippen molar-refractivity contribution in [3.8, 4) is 11.6 Å². The number of nitrogens with zero attached hydrogens (tertiary/aromatic N) is 5. The number of carbonyl (C=O) groups is 1. The summed E-state index contributed by atoms with van der Waals surface area (Å²) in [5, 5.41) is 11.0. The van der Waals surface area contributed by atoms with Crippen molar-refractivity contribution in [2.45, 2.75) is 13.5 Å². The average molecular weight is 508 g/mol. The zero-order valence-corrected chi connectivity index (χ0v) is 20.2. The average Bonchev–Trinajstić information content (AvgIpc) is 2.88. The molecule has 11 nitrogen and oxygen atoms in total. The zero-order valence-electron chi connectivity index (χ0n) is 19.4. The van der Waals surface area contributed by atoms with Crippen LogP contribution in [0.25, 0.3) is 0 Å². The molecule has 0 unspecified atom stereocenters. The smallest absolute Gasteiger partial charge is 0.335 e. The highest BCUT2D eigenvalue weighted by atomic mass is 35.5. The van der Waals surface area contributed by atoms with Crippen molar-refractivity contribution >= 4 is 23.2 Å². The third-order valence-electron chi connectivity index (χ3n) is 5.06. The second kappa shape index (κ2) is 10.8. The maximum absolute atomic E-state index is 12.8. The third kappa shape index (κ3) is 5.76. The maximum Gasteiger partial charge on any atom is 0.335 e. The normalized spacial score (nSPS) is 11.4. The van der Waals surface area contributed by atoms with Crippen LogP contribution in [0.4, 0.5) is 5.69 Å². The number of amides is 1. The van der Waals surface area contributed by atoms with Crippen LogP contribution in [0.1, 0.15) is 23.0 Å². The molecule has 2 N–H and O–H groups in total. The van der Waals surface area contributed by atoms with E-state index < -0.39 is 11.4 Å². The minimum atomic E-state index is -0.583. The molecule has 0 aliphatic carbocycles. The van der Waals surface area contributed by atoms with Crippen molar-refractivity contribution in [1.29, 1.82) is 0 Å². The van der Waals surface area contributed by atoms with Gasteiger partial charge >= 0.3 is 11.4 Å². The van der Waals surface area contributed by atoms with Gasteiger partial charge in [0.05, 0.1) is 12.2 Å². The second-order valence-corrected chi connectivity index (χ2v) is 8.07. The number of halogens is 1. The number of aromatic amines is 1. The number of hydrogen-bond acceptors (Lipinski definition) is 7. The Kier molecular flexibility index (Phi) is 7.40. The van der Waals surface area contributed by atoms with Gasteiger partial charge in [-0.05, 0) is 55.0 Å². The Morgan fingerprint density at radius 3 is 2.42 bits per heavy atom. The lowest BCUT2D eigenvalue weighted by atomic mass is 10.2. The maximum atomic E-state index is 12.8. The molecular formula is C24H22ClN7O4. The first-order valence-corrected chi connectivity index (χ1v) is 11.3. The fraction of sp³-hybridized carbons (Fsp3) is 0.167. The highest BCUT2D eigenvalue weighted by Crippen LogP contribution is 2.22. The number of nitrogens with one attached hydrogen (secondary N) is 2. The lowest BCUT2D eigenvalue weighted by molar-refractivity contribution is 0.0949. The molecule has 0 aliphatic rings. The minimum absolute atomic E-state index is 0.0959. The Morgan fingerprint density at radius 1 is 1.06 bits per heavy atom. The first kappa shape index (κ1) is 24.6. The molecule has 36 heavy (non-hydrogen) atoms. The summed E-state index contributed by atoms with van der Waals surface area (Å²) in [5.41, 5.74) is 0.483. The molecule has 0 atom stereocenters. The van der Waals surface area contributed by atoms with Gasteiger partial charge in [-0.25, -0.2) is 19.1 Å². The van der Waals surface area contributed by atoms with Crippen LogP contribution in [0, 0.1) is 0 Å². The molecule has 0 radical (unpaired) electrons. The van der Waals surface area contributed by atoms with Gasteiger partial charge in [-0.3, -0.25) is 14.3 Å². The fourth-order valence-electron chi connectivity index (χ4n) is 3.19. The predicted molar refractivity (Wildman–Crippen MR) is 133 cm³/mol. The monoisotopic (exact) mass is 507 g/mol. The minimum Gasteiger partial charge on any atom is -0.438 e. The standard InChI is InChI=1S/C24H22ClN7O4/c1-3-26-21(33)19-12-13-20(30-29-19)36-18-10-8-17(9-11-18)27-22-28-23(34)31(2)24(35)32(22)14-15-4-6-16(25)7-5-15/h4-13H,3,14H2,1-2H3,(H,26,33)(H,27,28,34). The van der Waals surface area contributed by atoms with Gasteiger partial charge in [0.1, 0.15) is 5.75 Å². The van der Waals surface area contributed by atoms with Crippen molar-refractivity contribution in [2.24, 2.45) is 12.0 Å². The summed E-state index contributed by atoms with van der Waals surface area (Å²) in [7, 11) is 1.39. The SMILES string of the molecule is CCNC(=O)c1ccc(Oc2ccc(/N=c3\[nH]c(=O)n(C)c(=O)n3Cc3ccc(Cl)cc3)cc2)nn1. The van der Waals surface area contributed by atoms with Gasteiger partial charge in [-0.1, -0.05) is 23.7 Å². The molecule has 4 rings (SSSR count). The Morgan fingerprint density at radius 2 is 1.78 bits per heavy atom. The zero-order chi connectivity index (χ0) is 25.7. The van der Waals surface area contributed by atoms with Gasteiger partial charge in [-0.15, -0.1) is 10.2 Å². The van der Waals surface area contributed by atoms with Crippen LogP contribution in [0.2, 0.25) is 5.02 Å². The molecule has 2 heterocycles. The van der Waals surface area contributed by atoms with Crippen molar-refractivity contribution < 1.29 is 9.53 Å². The summed E-state index contributed by atoms with van der Waals surface area (Å²) in [6.07, 6.45) is 0. The van der Waals surface area contributed by atoms with E-state index in [9.17, 15) is 14.4 Å². The Labute approximate surface area is 209 Å². The number of carbonyl (C=O) groups excluding carboxylic acids is 1. The van der Waals surface area contributed by atoms with Crippen LogP contribution in [0.3, 0.4) is 0 Å². The molecule has 0 fully saturated rings. The summed E-state index contributed by atoms with van der Waals surface area (Å²) in [6, 6.07) is 16.7. The highest BCUT2D eigenvalue weighted by Gasteiger charge is 2.09. The highest BCUT2D eigenvalue weighted by molar-refractivity contribution is 6.30. The van der Waals surface area contributed by atoms with Crippen molar-refractivity contribution in [3.05, 3.63) is 104 Å². The number of rotatable bonds is 7. The molecule has 0 saturated carbocycles.